The van der Waals surface area contributed by atoms with E-state index in [1.54, 1.807) is 12.1 Å². The summed E-state index contributed by atoms with van der Waals surface area (Å²) >= 11 is 0. The van der Waals surface area contributed by atoms with E-state index in [0.29, 0.717) is 5.56 Å². The standard InChI is InChI=1S/C15H10FN3O3/c16-12-4-2-1-3-9(12)10-6-22-7-11(10)13(20)5-14(21)15-17-8-18-19-15/h1-8,21H,(H,17,18,19). The summed E-state index contributed by atoms with van der Waals surface area (Å²) in [5.74, 6) is -1.43. The van der Waals surface area contributed by atoms with Gasteiger partial charge in [-0.05, 0) is 6.07 Å². The Kier molecular flexibility index (Phi) is 3.53. The van der Waals surface area contributed by atoms with Gasteiger partial charge in [0, 0.05) is 17.2 Å². The molecule has 110 valence electrons. The van der Waals surface area contributed by atoms with Gasteiger partial charge >= 0.3 is 0 Å². The first kappa shape index (κ1) is 13.7. The van der Waals surface area contributed by atoms with Gasteiger partial charge in [0.15, 0.2) is 11.5 Å². The largest absolute Gasteiger partial charge is 0.504 e. The summed E-state index contributed by atoms with van der Waals surface area (Å²) in [5, 5.41) is 15.9. The maximum absolute atomic E-state index is 13.8. The Labute approximate surface area is 123 Å². The number of ketones is 1. The van der Waals surface area contributed by atoms with Gasteiger partial charge in [-0.15, -0.1) is 0 Å². The Morgan fingerprint density at radius 1 is 1.27 bits per heavy atom. The number of nitrogens with zero attached hydrogens (tertiary/aromatic N) is 2. The van der Waals surface area contributed by atoms with Crippen LogP contribution >= 0.6 is 0 Å². The molecule has 22 heavy (non-hydrogen) atoms. The average Bonchev–Trinajstić information content (AvgIpc) is 3.19. The van der Waals surface area contributed by atoms with E-state index in [4.69, 9.17) is 4.42 Å². The Bertz CT molecular complexity index is 837. The summed E-state index contributed by atoms with van der Waals surface area (Å²) in [7, 11) is 0. The topological polar surface area (TPSA) is 92.0 Å². The lowest BCUT2D eigenvalue weighted by Gasteiger charge is -2.02. The molecule has 0 bridgehead atoms. The molecule has 2 aromatic heterocycles. The minimum absolute atomic E-state index is 0.00992. The molecule has 3 aromatic rings. The van der Waals surface area contributed by atoms with E-state index in [9.17, 15) is 14.3 Å². The normalized spacial score (nSPS) is 11.6. The van der Waals surface area contributed by atoms with Gasteiger partial charge in [0.25, 0.3) is 0 Å². The summed E-state index contributed by atoms with van der Waals surface area (Å²) in [5.41, 5.74) is 0.680. The van der Waals surface area contributed by atoms with Gasteiger partial charge in [0.2, 0.25) is 5.82 Å². The van der Waals surface area contributed by atoms with Crippen LogP contribution in [0.3, 0.4) is 0 Å². The average molecular weight is 299 g/mol. The molecule has 1 aromatic carbocycles. The van der Waals surface area contributed by atoms with Crippen molar-refractivity contribution in [1.82, 2.24) is 15.2 Å². The van der Waals surface area contributed by atoms with E-state index in [-0.39, 0.29) is 17.0 Å². The highest BCUT2D eigenvalue weighted by atomic mass is 19.1. The van der Waals surface area contributed by atoms with E-state index in [2.05, 4.69) is 15.2 Å². The van der Waals surface area contributed by atoms with Crippen LogP contribution in [0.1, 0.15) is 16.2 Å². The third kappa shape index (κ3) is 2.51. The lowest BCUT2D eigenvalue weighted by Crippen LogP contribution is -1.98. The van der Waals surface area contributed by atoms with Gasteiger partial charge < -0.3 is 9.52 Å². The molecule has 3 rings (SSSR count). The second-order valence-corrected chi connectivity index (χ2v) is 4.40. The maximum atomic E-state index is 13.8. The second-order valence-electron chi connectivity index (χ2n) is 4.40. The van der Waals surface area contributed by atoms with Crippen LogP contribution in [0.15, 0.2) is 53.6 Å². The molecule has 0 aliphatic rings. The number of furan rings is 1. The molecule has 0 amide bonds. The number of halogens is 1. The Balaban J connectivity index is 1.97. The third-order valence-corrected chi connectivity index (χ3v) is 3.00. The van der Waals surface area contributed by atoms with E-state index in [1.807, 2.05) is 0 Å². The number of hydrogen-bond donors (Lipinski definition) is 2. The highest BCUT2D eigenvalue weighted by Crippen LogP contribution is 2.28. The molecule has 0 radical (unpaired) electrons. The quantitative estimate of drug-likeness (QED) is 0.439. The van der Waals surface area contributed by atoms with Gasteiger partial charge in [-0.2, -0.15) is 5.10 Å². The number of carbonyl (C=O) groups is 1. The summed E-state index contributed by atoms with van der Waals surface area (Å²) < 4.78 is 18.9. The summed E-state index contributed by atoms with van der Waals surface area (Å²) in [6.07, 6.45) is 4.71. The number of H-pyrrole nitrogens is 1. The fourth-order valence-corrected chi connectivity index (χ4v) is 1.97. The molecule has 7 heteroatoms. The highest BCUT2D eigenvalue weighted by Gasteiger charge is 2.17. The van der Waals surface area contributed by atoms with Gasteiger partial charge in [0.05, 0.1) is 11.8 Å². The second kappa shape index (κ2) is 5.65. The van der Waals surface area contributed by atoms with E-state index in [1.165, 1.54) is 31.0 Å². The molecule has 0 atom stereocenters. The van der Waals surface area contributed by atoms with Crippen molar-refractivity contribution in [2.45, 2.75) is 0 Å². The van der Waals surface area contributed by atoms with Gasteiger partial charge in [-0.25, -0.2) is 9.37 Å². The van der Waals surface area contributed by atoms with Crippen LogP contribution in [0.2, 0.25) is 0 Å². The predicted molar refractivity (Wildman–Crippen MR) is 75.4 cm³/mol. The number of aromatic nitrogens is 3. The van der Waals surface area contributed by atoms with Gasteiger partial charge in [-0.3, -0.25) is 9.89 Å². The molecule has 0 aliphatic heterocycles. The molecule has 0 unspecified atom stereocenters. The molecule has 2 N–H and O–H groups in total. The lowest BCUT2D eigenvalue weighted by atomic mass is 10.0. The Morgan fingerprint density at radius 2 is 2.09 bits per heavy atom. The van der Waals surface area contributed by atoms with E-state index in [0.717, 1.165) is 6.08 Å². The number of aromatic amines is 1. The van der Waals surface area contributed by atoms with Crippen molar-refractivity contribution in [2.24, 2.45) is 0 Å². The first-order valence-electron chi connectivity index (χ1n) is 6.29. The zero-order valence-corrected chi connectivity index (χ0v) is 11.2. The monoisotopic (exact) mass is 299 g/mol. The number of carbonyl (C=O) groups excluding carboxylic acids is 1. The molecule has 0 spiro atoms. The first-order chi connectivity index (χ1) is 10.7. The van der Waals surface area contributed by atoms with Crippen molar-refractivity contribution < 1.29 is 18.7 Å². The fourth-order valence-electron chi connectivity index (χ4n) is 1.97. The molecular formula is C15H10FN3O3. The minimum atomic E-state index is -0.547. The van der Waals surface area contributed by atoms with Crippen molar-refractivity contribution >= 4 is 11.5 Å². The number of allylic oxidation sites excluding steroid dienone is 1. The lowest BCUT2D eigenvalue weighted by molar-refractivity contribution is 0.104. The van der Waals surface area contributed by atoms with Crippen LogP contribution in [0.5, 0.6) is 0 Å². The van der Waals surface area contributed by atoms with Crippen molar-refractivity contribution in [3.63, 3.8) is 0 Å². The first-order valence-corrected chi connectivity index (χ1v) is 6.29. The van der Waals surface area contributed by atoms with Crippen molar-refractivity contribution in [3.05, 3.63) is 66.4 Å². The molecule has 0 fully saturated rings. The highest BCUT2D eigenvalue weighted by molar-refractivity contribution is 6.11. The number of hydrogen-bond acceptors (Lipinski definition) is 5. The van der Waals surface area contributed by atoms with Crippen LogP contribution < -0.4 is 0 Å². The number of aliphatic hydroxyl groups is 1. The maximum Gasteiger partial charge on any atom is 0.215 e. The van der Waals surface area contributed by atoms with Gasteiger partial charge in [0.1, 0.15) is 18.4 Å². The van der Waals surface area contributed by atoms with Crippen LogP contribution in [-0.2, 0) is 0 Å². The van der Waals surface area contributed by atoms with E-state index < -0.39 is 17.4 Å². The van der Waals surface area contributed by atoms with Crippen molar-refractivity contribution in [3.8, 4) is 11.1 Å². The smallest absolute Gasteiger partial charge is 0.215 e. The molecule has 0 saturated heterocycles. The molecular weight excluding hydrogens is 289 g/mol. The van der Waals surface area contributed by atoms with Gasteiger partial charge in [-0.1, -0.05) is 18.2 Å². The van der Waals surface area contributed by atoms with Crippen molar-refractivity contribution in [1.29, 1.82) is 0 Å². The van der Waals surface area contributed by atoms with Crippen molar-refractivity contribution in [2.75, 3.05) is 0 Å². The zero-order chi connectivity index (χ0) is 15.5. The zero-order valence-electron chi connectivity index (χ0n) is 11.2. The van der Waals surface area contributed by atoms with Crippen LogP contribution in [0.4, 0.5) is 4.39 Å². The summed E-state index contributed by atoms with van der Waals surface area (Å²) in [6.45, 7) is 0. The van der Waals surface area contributed by atoms with Crippen LogP contribution in [0, 0.1) is 5.82 Å². The Hall–Kier alpha value is -3.22. The summed E-state index contributed by atoms with van der Waals surface area (Å²) in [6, 6.07) is 6.03. The number of nitrogens with one attached hydrogen (secondary N) is 1. The minimum Gasteiger partial charge on any atom is -0.504 e. The fraction of sp³-hybridized carbons (Fsp3) is 0. The SMILES string of the molecule is O=C(C=C(O)c1nc[nH]n1)c1cocc1-c1ccccc1F. The number of aliphatic hydroxyl groups excluding tert-OH is 1. The molecule has 2 heterocycles. The molecule has 0 aliphatic carbocycles. The molecule has 0 saturated carbocycles. The Morgan fingerprint density at radius 3 is 2.82 bits per heavy atom. The van der Waals surface area contributed by atoms with E-state index >= 15 is 0 Å². The number of benzene rings is 1. The predicted octanol–water partition coefficient (Wildman–Crippen LogP) is 2.99. The molecule has 6 nitrogen and oxygen atoms in total. The number of rotatable bonds is 4. The summed E-state index contributed by atoms with van der Waals surface area (Å²) in [4.78, 5) is 16.0. The third-order valence-electron chi connectivity index (χ3n) is 3.00. The van der Waals surface area contributed by atoms with Crippen LogP contribution in [-0.4, -0.2) is 26.1 Å². The van der Waals surface area contributed by atoms with Crippen LogP contribution in [0.25, 0.3) is 16.9 Å².